The Hall–Kier alpha value is -1.79. The molecule has 128 valence electrons. The Morgan fingerprint density at radius 3 is 2.54 bits per heavy atom. The van der Waals surface area contributed by atoms with Gasteiger partial charge < -0.3 is 9.80 Å². The minimum atomic E-state index is 0.0242. The molecule has 0 N–H and O–H groups in total. The van der Waals surface area contributed by atoms with Crippen LogP contribution in [0, 0.1) is 6.92 Å². The largest absolute Gasteiger partial charge is 0.334 e. The molecule has 2 atom stereocenters. The summed E-state index contributed by atoms with van der Waals surface area (Å²) in [5, 5.41) is 5.00. The average Bonchev–Trinajstić information content (AvgIpc) is 3.18. The summed E-state index contributed by atoms with van der Waals surface area (Å²) in [6.07, 6.45) is 2.11. The van der Waals surface area contributed by atoms with E-state index in [2.05, 4.69) is 30.3 Å². The molecule has 1 aliphatic heterocycles. The lowest BCUT2D eigenvalue weighted by atomic mass is 10.2. The molecule has 0 aliphatic carbocycles. The first-order chi connectivity index (χ1) is 11.5. The van der Waals surface area contributed by atoms with E-state index in [4.69, 9.17) is 0 Å². The van der Waals surface area contributed by atoms with Crippen molar-refractivity contribution in [3.05, 3.63) is 47.8 Å². The van der Waals surface area contributed by atoms with Crippen LogP contribution >= 0.6 is 11.8 Å². The average molecular weight is 344 g/mol. The zero-order chi connectivity index (χ0) is 17.3. The summed E-state index contributed by atoms with van der Waals surface area (Å²) in [5.41, 5.74) is 2.47. The van der Waals surface area contributed by atoms with Gasteiger partial charge in [0.2, 0.25) is 0 Å². The summed E-state index contributed by atoms with van der Waals surface area (Å²) >= 11 is 1.83. The van der Waals surface area contributed by atoms with Crippen molar-refractivity contribution in [2.24, 2.45) is 0 Å². The van der Waals surface area contributed by atoms with Crippen LogP contribution in [0.3, 0.4) is 0 Å². The first-order valence-electron chi connectivity index (χ1n) is 8.12. The van der Waals surface area contributed by atoms with Crippen LogP contribution in [0.4, 0.5) is 0 Å². The van der Waals surface area contributed by atoms with Crippen LogP contribution in [0.25, 0.3) is 5.69 Å². The van der Waals surface area contributed by atoms with Gasteiger partial charge in [-0.15, -0.1) is 0 Å². The van der Waals surface area contributed by atoms with Gasteiger partial charge >= 0.3 is 0 Å². The van der Waals surface area contributed by atoms with Crippen molar-refractivity contribution in [1.29, 1.82) is 0 Å². The molecule has 24 heavy (non-hydrogen) atoms. The molecule has 1 saturated heterocycles. The lowest BCUT2D eigenvalue weighted by Gasteiger charge is -2.23. The van der Waals surface area contributed by atoms with Gasteiger partial charge in [-0.1, -0.05) is 18.2 Å². The van der Waals surface area contributed by atoms with Crippen molar-refractivity contribution in [2.75, 3.05) is 33.4 Å². The number of benzene rings is 1. The van der Waals surface area contributed by atoms with Crippen molar-refractivity contribution in [2.45, 2.75) is 18.2 Å². The normalized spacial score (nSPS) is 20.8. The van der Waals surface area contributed by atoms with Crippen molar-refractivity contribution >= 4 is 17.7 Å². The molecule has 1 fully saturated rings. The van der Waals surface area contributed by atoms with Gasteiger partial charge in [-0.25, -0.2) is 4.68 Å². The Morgan fingerprint density at radius 1 is 1.25 bits per heavy atom. The number of amides is 1. The summed E-state index contributed by atoms with van der Waals surface area (Å²) in [5.74, 6) is 0.0242. The summed E-state index contributed by atoms with van der Waals surface area (Å²) in [4.78, 5) is 17.0. The van der Waals surface area contributed by atoms with Gasteiger partial charge in [0.1, 0.15) is 0 Å². The Morgan fingerprint density at radius 2 is 1.96 bits per heavy atom. The molecule has 0 bridgehead atoms. The van der Waals surface area contributed by atoms with E-state index < -0.39 is 0 Å². The smallest absolute Gasteiger partial charge is 0.274 e. The fourth-order valence-corrected chi connectivity index (χ4v) is 4.19. The summed E-state index contributed by atoms with van der Waals surface area (Å²) in [6, 6.07) is 12.2. The summed E-state index contributed by atoms with van der Waals surface area (Å²) in [6.45, 7) is 3.52. The molecule has 6 heteroatoms. The number of carbonyl (C=O) groups is 1. The fourth-order valence-electron chi connectivity index (χ4n) is 3.22. The summed E-state index contributed by atoms with van der Waals surface area (Å²) in [7, 11) is 4.16. The van der Waals surface area contributed by atoms with Crippen molar-refractivity contribution in [3.8, 4) is 5.69 Å². The third kappa shape index (κ3) is 3.21. The zero-order valence-electron chi connectivity index (χ0n) is 14.6. The van der Waals surface area contributed by atoms with Gasteiger partial charge in [-0.2, -0.15) is 16.9 Å². The van der Waals surface area contributed by atoms with Crippen LogP contribution in [0.5, 0.6) is 0 Å². The second kappa shape index (κ2) is 6.99. The lowest BCUT2D eigenvalue weighted by molar-refractivity contribution is 0.0777. The Balaban J connectivity index is 1.82. The molecule has 0 radical (unpaired) electrons. The molecule has 0 saturated carbocycles. The van der Waals surface area contributed by atoms with Gasteiger partial charge in [-0.3, -0.25) is 4.79 Å². The predicted molar refractivity (Wildman–Crippen MR) is 99.0 cm³/mol. The molecule has 5 nitrogen and oxygen atoms in total. The van der Waals surface area contributed by atoms with Crippen molar-refractivity contribution in [3.63, 3.8) is 0 Å². The summed E-state index contributed by atoms with van der Waals surface area (Å²) < 4.78 is 1.83. The van der Waals surface area contributed by atoms with Gasteiger partial charge in [0.05, 0.1) is 5.69 Å². The lowest BCUT2D eigenvalue weighted by Crippen LogP contribution is -2.37. The van der Waals surface area contributed by atoms with Crippen LogP contribution in [0.2, 0.25) is 0 Å². The molecule has 1 amide bonds. The Kier molecular flexibility index (Phi) is 4.96. The molecular weight excluding hydrogens is 320 g/mol. The number of rotatable bonds is 4. The van der Waals surface area contributed by atoms with Crippen LogP contribution in [0.1, 0.15) is 16.2 Å². The number of aryl methyl sites for hydroxylation is 1. The van der Waals surface area contributed by atoms with E-state index in [9.17, 15) is 4.79 Å². The van der Waals surface area contributed by atoms with Crippen LogP contribution in [-0.2, 0) is 0 Å². The number of para-hydroxylation sites is 1. The molecule has 2 aromatic rings. The number of likely N-dealkylation sites (tertiary alicyclic amines) is 1. The number of nitrogens with zero attached hydrogens (tertiary/aromatic N) is 4. The van der Waals surface area contributed by atoms with Gasteiger partial charge in [-0.05, 0) is 45.5 Å². The van der Waals surface area contributed by atoms with Gasteiger partial charge in [0.15, 0.2) is 5.69 Å². The molecule has 2 heterocycles. The standard InChI is InChI=1S/C18H24N4OS/c1-13-10-15(19-22(13)14-8-6-5-7-9-14)18(23)21-11-16(20(2)3)17(12-21)24-4/h5-10,16-17H,11-12H2,1-4H3. The maximum Gasteiger partial charge on any atom is 0.274 e. The van der Waals surface area contributed by atoms with E-state index in [1.807, 2.05) is 64.7 Å². The number of hydrogen-bond donors (Lipinski definition) is 0. The highest BCUT2D eigenvalue weighted by atomic mass is 32.2. The highest BCUT2D eigenvalue weighted by molar-refractivity contribution is 7.99. The molecule has 2 unspecified atom stereocenters. The molecule has 1 aliphatic rings. The van der Waals surface area contributed by atoms with Crippen LogP contribution < -0.4 is 0 Å². The third-order valence-corrected chi connectivity index (χ3v) is 5.67. The SMILES string of the molecule is CSC1CN(C(=O)c2cc(C)n(-c3ccccc3)n2)CC1N(C)C. The van der Waals surface area contributed by atoms with Gasteiger partial charge in [0, 0.05) is 30.1 Å². The molecule has 0 spiro atoms. The zero-order valence-corrected chi connectivity index (χ0v) is 15.5. The minimum Gasteiger partial charge on any atom is -0.334 e. The number of thioether (sulfide) groups is 1. The van der Waals surface area contributed by atoms with E-state index in [0.29, 0.717) is 17.0 Å². The van der Waals surface area contributed by atoms with E-state index in [1.54, 1.807) is 0 Å². The van der Waals surface area contributed by atoms with Crippen molar-refractivity contribution < 1.29 is 4.79 Å². The highest BCUT2D eigenvalue weighted by Crippen LogP contribution is 2.25. The molecule has 1 aromatic carbocycles. The monoisotopic (exact) mass is 344 g/mol. The highest BCUT2D eigenvalue weighted by Gasteiger charge is 2.37. The van der Waals surface area contributed by atoms with Gasteiger partial charge in [0.25, 0.3) is 5.91 Å². The fraction of sp³-hybridized carbons (Fsp3) is 0.444. The Bertz CT molecular complexity index is 713. The molecule has 1 aromatic heterocycles. The van der Waals surface area contributed by atoms with E-state index in [1.165, 1.54) is 0 Å². The first kappa shape index (κ1) is 17.0. The third-order valence-electron chi connectivity index (χ3n) is 4.60. The van der Waals surface area contributed by atoms with E-state index in [0.717, 1.165) is 24.5 Å². The minimum absolute atomic E-state index is 0.0242. The van der Waals surface area contributed by atoms with E-state index in [-0.39, 0.29) is 5.91 Å². The maximum atomic E-state index is 12.9. The second-order valence-electron chi connectivity index (χ2n) is 6.43. The quantitative estimate of drug-likeness (QED) is 0.853. The number of aromatic nitrogens is 2. The molecular formula is C18H24N4OS. The number of likely N-dealkylation sites (N-methyl/N-ethyl adjacent to an activating group) is 1. The van der Waals surface area contributed by atoms with E-state index >= 15 is 0 Å². The predicted octanol–water partition coefficient (Wildman–Crippen LogP) is 2.30. The first-order valence-corrected chi connectivity index (χ1v) is 9.40. The second-order valence-corrected chi connectivity index (χ2v) is 7.51. The van der Waals surface area contributed by atoms with Crippen LogP contribution in [-0.4, -0.2) is 70.2 Å². The number of hydrogen-bond acceptors (Lipinski definition) is 4. The molecule has 3 rings (SSSR count). The van der Waals surface area contributed by atoms with Crippen molar-refractivity contribution in [1.82, 2.24) is 19.6 Å². The maximum absolute atomic E-state index is 12.9. The van der Waals surface area contributed by atoms with Crippen LogP contribution in [0.15, 0.2) is 36.4 Å². The Labute approximate surface area is 147 Å². The number of carbonyl (C=O) groups excluding carboxylic acids is 1. The topological polar surface area (TPSA) is 41.4 Å².